The lowest BCUT2D eigenvalue weighted by Gasteiger charge is -2.38. The molecule has 3 aliphatic rings. The lowest BCUT2D eigenvalue weighted by molar-refractivity contribution is -0.146. The number of fused-ring (bicyclic) bond motifs is 1. The van der Waals surface area contributed by atoms with Crippen LogP contribution in [0.2, 0.25) is 0 Å². The van der Waals surface area contributed by atoms with E-state index in [-0.39, 0.29) is 41.4 Å². The molecule has 2 saturated carbocycles. The second-order valence-electron chi connectivity index (χ2n) is 11.9. The molecule has 4 atom stereocenters. The maximum atomic E-state index is 14.3. The molecule has 40 heavy (non-hydrogen) atoms. The van der Waals surface area contributed by atoms with Gasteiger partial charge in [-0.2, -0.15) is 0 Å². The molecule has 1 saturated heterocycles. The molecule has 9 nitrogen and oxygen atoms in total. The summed E-state index contributed by atoms with van der Waals surface area (Å²) in [5.41, 5.74) is 12.8. The van der Waals surface area contributed by atoms with E-state index < -0.39 is 36.8 Å². The Morgan fingerprint density at radius 1 is 1.07 bits per heavy atom. The fourth-order valence-electron chi connectivity index (χ4n) is 7.73. The molecule has 5 N–H and O–H groups in total. The van der Waals surface area contributed by atoms with Crippen molar-refractivity contribution in [2.45, 2.75) is 82.1 Å². The Labute approximate surface area is 234 Å². The van der Waals surface area contributed by atoms with Crippen molar-refractivity contribution >= 4 is 28.7 Å². The molecule has 0 radical (unpaired) electrons. The van der Waals surface area contributed by atoms with Crippen LogP contribution in [0.15, 0.2) is 30.3 Å². The molecule has 2 amide bonds. The zero-order chi connectivity index (χ0) is 28.6. The van der Waals surface area contributed by atoms with E-state index in [1.807, 2.05) is 24.3 Å². The topological polar surface area (TPSA) is 141 Å². The predicted molar refractivity (Wildman–Crippen MR) is 148 cm³/mol. The van der Waals surface area contributed by atoms with Gasteiger partial charge >= 0.3 is 5.97 Å². The lowest BCUT2D eigenvalue weighted by atomic mass is 9.75. The van der Waals surface area contributed by atoms with Gasteiger partial charge in [-0.1, -0.05) is 18.2 Å². The van der Waals surface area contributed by atoms with Crippen LogP contribution >= 0.6 is 0 Å². The van der Waals surface area contributed by atoms with Gasteiger partial charge in [-0.25, -0.2) is 9.18 Å². The standard InChI is InChI=1S/C30H41FN4O5/c1-40-21-12-10-17(11-13-21)22-15-26(34-24-5-3-2-4-20(24)14-25(34)30(38)39)35(27(22)28(33)36)29(37)19-8-6-18(7-9-19)23(32)16-31/h2-5,14,17-19,21-23,26-27H,6-13,15-16,32H2,1H3,(H2,33,36)(H,38,39)/t17?,18?,19?,21?,22-,23+,26?,27-/m0/s1. The largest absolute Gasteiger partial charge is 0.477 e. The molecular weight excluding hydrogens is 515 g/mol. The molecule has 1 unspecified atom stereocenters. The summed E-state index contributed by atoms with van der Waals surface area (Å²) in [7, 11) is 1.71. The first-order valence-electron chi connectivity index (χ1n) is 14.5. The molecule has 2 aromatic rings. The van der Waals surface area contributed by atoms with Gasteiger partial charge in [0.15, 0.2) is 0 Å². The number of likely N-dealkylation sites (tertiary alicyclic amines) is 1. The highest BCUT2D eigenvalue weighted by molar-refractivity contribution is 5.95. The Balaban J connectivity index is 1.54. The molecule has 218 valence electrons. The van der Waals surface area contributed by atoms with Crippen LogP contribution in [0, 0.1) is 23.7 Å². The number of nitrogens with zero attached hydrogens (tertiary/aromatic N) is 2. The Morgan fingerprint density at radius 3 is 2.35 bits per heavy atom. The normalized spacial score (nSPS) is 31.8. The number of methoxy groups -OCH3 is 1. The number of aromatic nitrogens is 1. The highest BCUT2D eigenvalue weighted by atomic mass is 19.1. The number of hydrogen-bond acceptors (Lipinski definition) is 5. The van der Waals surface area contributed by atoms with E-state index in [0.29, 0.717) is 37.6 Å². The summed E-state index contributed by atoms with van der Waals surface area (Å²) < 4.78 is 20.5. The number of carbonyl (C=O) groups excluding carboxylic acids is 2. The first kappa shape index (κ1) is 28.5. The molecule has 1 aromatic carbocycles. The maximum absolute atomic E-state index is 14.3. The van der Waals surface area contributed by atoms with Crippen LogP contribution < -0.4 is 11.5 Å². The van der Waals surface area contributed by atoms with Crippen molar-refractivity contribution in [2.24, 2.45) is 35.1 Å². The van der Waals surface area contributed by atoms with Crippen LogP contribution in [0.1, 0.15) is 74.4 Å². The highest BCUT2D eigenvalue weighted by Crippen LogP contribution is 2.48. The van der Waals surface area contributed by atoms with Gasteiger partial charge in [-0.05, 0) is 87.7 Å². The van der Waals surface area contributed by atoms with Crippen molar-refractivity contribution in [3.05, 3.63) is 36.0 Å². The SMILES string of the molecule is COC1CCC([C@@H]2CC(n3c(C(=O)O)cc4ccccc43)N(C(=O)C3CCC([C@H](N)CF)CC3)[C@@H]2C(N)=O)CC1. The first-order valence-corrected chi connectivity index (χ1v) is 14.5. The number of rotatable bonds is 8. The summed E-state index contributed by atoms with van der Waals surface area (Å²) in [6.45, 7) is -0.590. The summed E-state index contributed by atoms with van der Waals surface area (Å²) in [5, 5.41) is 10.9. The molecule has 10 heteroatoms. The van der Waals surface area contributed by atoms with Gasteiger partial charge in [0.1, 0.15) is 24.6 Å². The molecule has 5 rings (SSSR count). The summed E-state index contributed by atoms with van der Waals surface area (Å²) in [4.78, 5) is 41.6. The zero-order valence-corrected chi connectivity index (χ0v) is 23.1. The van der Waals surface area contributed by atoms with Crippen LogP contribution in [-0.4, -0.2) is 64.3 Å². The van der Waals surface area contributed by atoms with Crippen molar-refractivity contribution < 1.29 is 28.6 Å². The summed E-state index contributed by atoms with van der Waals surface area (Å²) in [6.07, 6.45) is 5.78. The van der Waals surface area contributed by atoms with Gasteiger partial charge in [-0.3, -0.25) is 9.59 Å². The number of hydrogen-bond donors (Lipinski definition) is 3. The van der Waals surface area contributed by atoms with E-state index in [9.17, 15) is 23.9 Å². The van der Waals surface area contributed by atoms with E-state index in [1.54, 1.807) is 22.6 Å². The molecular formula is C30H41FN4O5. The summed E-state index contributed by atoms with van der Waals surface area (Å²) in [6, 6.07) is 7.64. The van der Waals surface area contributed by atoms with Crippen LogP contribution in [0.5, 0.6) is 0 Å². The van der Waals surface area contributed by atoms with Gasteiger partial charge in [0.05, 0.1) is 11.6 Å². The number of alkyl halides is 1. The number of halogens is 1. The quantitative estimate of drug-likeness (QED) is 0.451. The van der Waals surface area contributed by atoms with Crippen LogP contribution in [0.25, 0.3) is 10.9 Å². The van der Waals surface area contributed by atoms with Gasteiger partial charge in [0.25, 0.3) is 0 Å². The molecule has 3 fully saturated rings. The maximum Gasteiger partial charge on any atom is 0.352 e. The second-order valence-corrected chi connectivity index (χ2v) is 11.9. The number of nitrogens with two attached hydrogens (primary N) is 2. The van der Waals surface area contributed by atoms with E-state index in [1.165, 1.54) is 0 Å². The Kier molecular flexibility index (Phi) is 8.47. The minimum absolute atomic E-state index is 0.0195. The molecule has 2 heterocycles. The Hall–Kier alpha value is -2.98. The van der Waals surface area contributed by atoms with Crippen molar-refractivity contribution in [1.29, 1.82) is 0 Å². The Bertz CT molecular complexity index is 1230. The van der Waals surface area contributed by atoms with Crippen molar-refractivity contribution in [3.63, 3.8) is 0 Å². The molecule has 0 bridgehead atoms. The van der Waals surface area contributed by atoms with Crippen molar-refractivity contribution in [1.82, 2.24) is 9.47 Å². The van der Waals surface area contributed by atoms with Crippen molar-refractivity contribution in [2.75, 3.05) is 13.8 Å². The second kappa shape index (κ2) is 11.9. The van der Waals surface area contributed by atoms with Crippen LogP contribution in [-0.2, 0) is 14.3 Å². The van der Waals surface area contributed by atoms with Gasteiger partial charge < -0.3 is 30.8 Å². The third-order valence-corrected chi connectivity index (χ3v) is 9.88. The van der Waals surface area contributed by atoms with E-state index in [0.717, 1.165) is 31.1 Å². The van der Waals surface area contributed by atoms with Gasteiger partial charge in [0, 0.05) is 24.5 Å². The van der Waals surface area contributed by atoms with Gasteiger partial charge in [0.2, 0.25) is 11.8 Å². The fraction of sp³-hybridized carbons (Fsp3) is 0.633. The monoisotopic (exact) mass is 556 g/mol. The number of aromatic carboxylic acids is 1. The third kappa shape index (κ3) is 5.23. The first-order chi connectivity index (χ1) is 19.2. The molecule has 1 aromatic heterocycles. The number of primary amides is 1. The number of carbonyl (C=O) groups is 3. The minimum Gasteiger partial charge on any atom is -0.477 e. The number of ether oxygens (including phenoxy) is 1. The summed E-state index contributed by atoms with van der Waals surface area (Å²) >= 11 is 0. The average molecular weight is 557 g/mol. The highest BCUT2D eigenvalue weighted by Gasteiger charge is 2.52. The van der Waals surface area contributed by atoms with E-state index in [4.69, 9.17) is 16.2 Å². The average Bonchev–Trinajstić information content (AvgIpc) is 3.56. The smallest absolute Gasteiger partial charge is 0.352 e. The number of benzene rings is 1. The van der Waals surface area contributed by atoms with E-state index in [2.05, 4.69) is 0 Å². The Morgan fingerprint density at radius 2 is 1.75 bits per heavy atom. The number of amides is 2. The van der Waals surface area contributed by atoms with Crippen molar-refractivity contribution in [3.8, 4) is 0 Å². The zero-order valence-electron chi connectivity index (χ0n) is 23.1. The van der Waals surface area contributed by atoms with E-state index >= 15 is 0 Å². The van der Waals surface area contributed by atoms with Crippen LogP contribution in [0.3, 0.4) is 0 Å². The number of para-hydroxylation sites is 1. The van der Waals surface area contributed by atoms with Gasteiger partial charge in [-0.15, -0.1) is 0 Å². The lowest BCUT2D eigenvalue weighted by Crippen LogP contribution is -2.52. The third-order valence-electron chi connectivity index (χ3n) is 9.88. The number of carboxylic acid groups (broad SMARTS) is 1. The predicted octanol–water partition coefficient (Wildman–Crippen LogP) is 3.85. The fourth-order valence-corrected chi connectivity index (χ4v) is 7.73. The molecule has 0 spiro atoms. The summed E-state index contributed by atoms with van der Waals surface area (Å²) in [5.74, 6) is -2.19. The molecule has 1 aliphatic heterocycles. The van der Waals surface area contributed by atoms with Crippen LogP contribution in [0.4, 0.5) is 4.39 Å². The number of carboxylic acids is 1. The molecule has 2 aliphatic carbocycles. The minimum atomic E-state index is -1.09.